The number of aliphatic hydroxyl groups is 1. The molecule has 0 unspecified atom stereocenters. The van der Waals surface area contributed by atoms with E-state index in [2.05, 4.69) is 0 Å². The Morgan fingerprint density at radius 1 is 1.10 bits per heavy atom. The third kappa shape index (κ3) is 3.11. The summed E-state index contributed by atoms with van der Waals surface area (Å²) in [6.45, 7) is 1.82. The fourth-order valence-electron chi connectivity index (χ4n) is 5.12. The van der Waals surface area contributed by atoms with Gasteiger partial charge in [0.05, 0.1) is 11.7 Å². The normalized spacial score (nSPS) is 28.3. The lowest BCUT2D eigenvalue weighted by molar-refractivity contribution is -0.137. The lowest BCUT2D eigenvalue weighted by Crippen LogP contribution is -2.54. The van der Waals surface area contributed by atoms with Crippen molar-refractivity contribution in [3.63, 3.8) is 0 Å². The Kier molecular flexibility index (Phi) is 4.55. The Hall–Kier alpha value is -2.45. The van der Waals surface area contributed by atoms with Gasteiger partial charge in [-0.3, -0.25) is 19.0 Å². The van der Waals surface area contributed by atoms with Gasteiger partial charge in [0, 0.05) is 55.2 Å². The van der Waals surface area contributed by atoms with Crippen molar-refractivity contribution in [2.75, 3.05) is 26.2 Å². The van der Waals surface area contributed by atoms with E-state index in [1.807, 2.05) is 27.8 Å². The minimum atomic E-state index is -0.627. The van der Waals surface area contributed by atoms with Crippen LogP contribution < -0.4 is 5.56 Å². The molecule has 4 atom stereocenters. The van der Waals surface area contributed by atoms with Crippen molar-refractivity contribution >= 4 is 23.2 Å². The summed E-state index contributed by atoms with van der Waals surface area (Å²) in [5.74, 6) is -0.215. The number of amides is 2. The molecule has 0 spiro atoms. The number of aromatic nitrogens is 1. The Morgan fingerprint density at radius 3 is 2.69 bits per heavy atom. The molecule has 5 rings (SSSR count). The first-order valence-corrected chi connectivity index (χ1v) is 11.0. The minimum Gasteiger partial charge on any atom is -0.391 e. The van der Waals surface area contributed by atoms with Gasteiger partial charge in [-0.15, -0.1) is 0 Å². The highest BCUT2D eigenvalue weighted by molar-refractivity contribution is 7.08. The minimum absolute atomic E-state index is 0.0181. The van der Waals surface area contributed by atoms with E-state index in [-0.39, 0.29) is 29.2 Å². The van der Waals surface area contributed by atoms with Crippen molar-refractivity contribution in [1.29, 1.82) is 0 Å². The molecule has 0 saturated carbocycles. The Bertz CT molecular complexity index is 1000. The number of piperidine rings is 1. The first-order valence-electron chi connectivity index (χ1n) is 10.0. The predicted octanol–water partition coefficient (Wildman–Crippen LogP) is 1.30. The van der Waals surface area contributed by atoms with Crippen LogP contribution in [0, 0.1) is 5.92 Å². The molecule has 2 aromatic heterocycles. The fraction of sp³-hybridized carbons (Fsp3) is 0.476. The molecule has 1 N–H and O–H groups in total. The summed E-state index contributed by atoms with van der Waals surface area (Å²) in [5, 5.41) is 13.6. The number of hydrogen-bond acceptors (Lipinski definition) is 5. The highest BCUT2D eigenvalue weighted by Gasteiger charge is 2.46. The van der Waals surface area contributed by atoms with E-state index >= 15 is 0 Å². The van der Waals surface area contributed by atoms with Gasteiger partial charge < -0.3 is 14.9 Å². The monoisotopic (exact) mass is 413 g/mol. The molecule has 5 heterocycles. The highest BCUT2D eigenvalue weighted by atomic mass is 32.1. The van der Waals surface area contributed by atoms with Crippen LogP contribution in [0.1, 0.15) is 40.9 Å². The van der Waals surface area contributed by atoms with Crippen molar-refractivity contribution < 1.29 is 14.7 Å². The van der Waals surface area contributed by atoms with Crippen molar-refractivity contribution in [1.82, 2.24) is 14.4 Å². The summed E-state index contributed by atoms with van der Waals surface area (Å²) >= 11 is 1.49. The van der Waals surface area contributed by atoms with Crippen molar-refractivity contribution in [2.24, 2.45) is 5.92 Å². The summed E-state index contributed by atoms with van der Waals surface area (Å²) in [7, 11) is 0. The molecule has 2 bridgehead atoms. The van der Waals surface area contributed by atoms with Gasteiger partial charge >= 0.3 is 0 Å². The molecular formula is C21H23N3O4S. The van der Waals surface area contributed by atoms with E-state index in [0.29, 0.717) is 38.2 Å². The summed E-state index contributed by atoms with van der Waals surface area (Å²) < 4.78 is 1.65. The maximum absolute atomic E-state index is 13.4. The molecule has 0 aliphatic carbocycles. The number of pyridine rings is 1. The lowest BCUT2D eigenvalue weighted by atomic mass is 9.77. The highest BCUT2D eigenvalue weighted by Crippen LogP contribution is 2.42. The Labute approximate surface area is 172 Å². The van der Waals surface area contributed by atoms with Gasteiger partial charge in [0.2, 0.25) is 5.91 Å². The molecule has 2 amide bonds. The second kappa shape index (κ2) is 7.11. The number of nitrogens with zero attached hydrogens (tertiary/aromatic N) is 3. The number of carbonyl (C=O) groups is 2. The van der Waals surface area contributed by atoms with Gasteiger partial charge in [0.25, 0.3) is 11.5 Å². The number of aliphatic hydroxyl groups excluding tert-OH is 1. The molecule has 8 heteroatoms. The van der Waals surface area contributed by atoms with Crippen LogP contribution in [-0.2, 0) is 4.79 Å². The fourth-order valence-corrected chi connectivity index (χ4v) is 5.74. The van der Waals surface area contributed by atoms with Crippen LogP contribution in [0.5, 0.6) is 0 Å². The van der Waals surface area contributed by atoms with Crippen LogP contribution in [0.4, 0.5) is 0 Å². The third-order valence-corrected chi connectivity index (χ3v) is 7.11. The van der Waals surface area contributed by atoms with Gasteiger partial charge in [-0.05, 0) is 30.4 Å². The van der Waals surface area contributed by atoms with Gasteiger partial charge in [0.1, 0.15) is 6.04 Å². The molecule has 152 valence electrons. The number of fused-ring (bicyclic) bond motifs is 4. The van der Waals surface area contributed by atoms with E-state index < -0.39 is 12.1 Å². The largest absolute Gasteiger partial charge is 0.391 e. The van der Waals surface area contributed by atoms with Gasteiger partial charge in [-0.2, -0.15) is 11.3 Å². The second-order valence-electron chi connectivity index (χ2n) is 8.25. The zero-order valence-corrected chi connectivity index (χ0v) is 16.8. The van der Waals surface area contributed by atoms with Crippen molar-refractivity contribution in [2.45, 2.75) is 30.9 Å². The molecule has 2 fully saturated rings. The molecule has 3 aliphatic rings. The number of thiophene rings is 1. The van der Waals surface area contributed by atoms with Crippen LogP contribution >= 0.6 is 11.3 Å². The summed E-state index contributed by atoms with van der Waals surface area (Å²) in [6.07, 6.45) is 0.833. The van der Waals surface area contributed by atoms with Crippen LogP contribution in [0.25, 0.3) is 0 Å². The van der Waals surface area contributed by atoms with E-state index in [0.717, 1.165) is 12.1 Å². The van der Waals surface area contributed by atoms with Gasteiger partial charge in [0.15, 0.2) is 0 Å². The van der Waals surface area contributed by atoms with Gasteiger partial charge in [-0.25, -0.2) is 0 Å². The van der Waals surface area contributed by atoms with E-state index in [9.17, 15) is 19.5 Å². The van der Waals surface area contributed by atoms with Crippen LogP contribution in [0.2, 0.25) is 0 Å². The van der Waals surface area contributed by atoms with E-state index in [4.69, 9.17) is 0 Å². The van der Waals surface area contributed by atoms with E-state index in [1.165, 1.54) is 17.4 Å². The molecule has 0 aromatic carbocycles. The first kappa shape index (κ1) is 18.6. The molecule has 2 saturated heterocycles. The van der Waals surface area contributed by atoms with E-state index in [1.54, 1.807) is 15.5 Å². The molecule has 7 nitrogen and oxygen atoms in total. The standard InChI is InChI=1S/C21H23N3O4S/c25-16-4-6-22(11-16)21(28)19-15-8-14(17-2-1-3-18(26)24(17)19)9-23(10-15)20(27)13-5-7-29-12-13/h1-3,5,7,12,14-16,19,25H,4,6,8-11H2/t14-,15+,16-,19-/m1/s1. The maximum Gasteiger partial charge on any atom is 0.254 e. The molecule has 2 aromatic rings. The maximum atomic E-state index is 13.4. The Morgan fingerprint density at radius 2 is 1.97 bits per heavy atom. The zero-order chi connectivity index (χ0) is 20.1. The number of rotatable bonds is 2. The predicted molar refractivity (Wildman–Crippen MR) is 108 cm³/mol. The lowest BCUT2D eigenvalue weighted by Gasteiger charge is -2.46. The molecule has 0 radical (unpaired) electrons. The quantitative estimate of drug-likeness (QED) is 0.805. The first-order chi connectivity index (χ1) is 14.0. The molecular weight excluding hydrogens is 390 g/mol. The molecule has 3 aliphatic heterocycles. The number of likely N-dealkylation sites (tertiary alicyclic amines) is 2. The van der Waals surface area contributed by atoms with Crippen molar-refractivity contribution in [3.8, 4) is 0 Å². The average molecular weight is 413 g/mol. The summed E-state index contributed by atoms with van der Waals surface area (Å²) in [4.78, 5) is 42.7. The SMILES string of the molecule is O=C(c1ccsc1)N1C[C@H]2C[C@@H](C1)[C@H](C(=O)N1CC[C@@H](O)C1)n1c2cccc1=O. The Balaban J connectivity index is 1.52. The second-order valence-corrected chi connectivity index (χ2v) is 9.03. The number of β-amino-alcohol motifs (C(OH)–C–C–N with tert-alkyl or cyclic N) is 1. The zero-order valence-electron chi connectivity index (χ0n) is 15.9. The number of hydrogen-bond donors (Lipinski definition) is 1. The average Bonchev–Trinajstić information content (AvgIpc) is 3.40. The smallest absolute Gasteiger partial charge is 0.254 e. The summed E-state index contributed by atoms with van der Waals surface area (Å²) in [6, 6.07) is 6.33. The molecule has 29 heavy (non-hydrogen) atoms. The van der Waals surface area contributed by atoms with Gasteiger partial charge in [-0.1, -0.05) is 6.07 Å². The van der Waals surface area contributed by atoms with Crippen LogP contribution in [-0.4, -0.2) is 63.6 Å². The number of carbonyl (C=O) groups excluding carboxylic acids is 2. The van der Waals surface area contributed by atoms with Crippen molar-refractivity contribution in [3.05, 3.63) is 56.6 Å². The third-order valence-electron chi connectivity index (χ3n) is 6.43. The van der Waals surface area contributed by atoms with Crippen LogP contribution in [0.15, 0.2) is 39.8 Å². The summed E-state index contributed by atoms with van der Waals surface area (Å²) in [5.41, 5.74) is 1.33. The van der Waals surface area contributed by atoms with Crippen LogP contribution in [0.3, 0.4) is 0 Å². The topological polar surface area (TPSA) is 82.8 Å².